The van der Waals surface area contributed by atoms with Crippen LogP contribution in [0.3, 0.4) is 0 Å². The van der Waals surface area contributed by atoms with Gasteiger partial charge in [0, 0.05) is 11.6 Å². The summed E-state index contributed by atoms with van der Waals surface area (Å²) in [5.74, 6) is -0.333. The van der Waals surface area contributed by atoms with Crippen LogP contribution in [0, 0.1) is 13.8 Å². The Morgan fingerprint density at radius 2 is 1.59 bits per heavy atom. The first-order valence-electron chi connectivity index (χ1n) is 5.32. The maximum absolute atomic E-state index is 9.98. The van der Waals surface area contributed by atoms with Crippen LogP contribution in [0.4, 0.5) is 0 Å². The topological polar surface area (TPSA) is 60.7 Å². The Balaban J connectivity index is 2.72. The van der Waals surface area contributed by atoms with Gasteiger partial charge < -0.3 is 15.3 Å². The minimum atomic E-state index is -0.129. The summed E-state index contributed by atoms with van der Waals surface area (Å²) in [7, 11) is 0. The van der Waals surface area contributed by atoms with Gasteiger partial charge in [-0.25, -0.2) is 0 Å². The lowest BCUT2D eigenvalue weighted by Crippen LogP contribution is -1.86. The van der Waals surface area contributed by atoms with E-state index in [9.17, 15) is 15.3 Å². The molecule has 2 aromatic carbocycles. The van der Waals surface area contributed by atoms with Gasteiger partial charge in [-0.05, 0) is 19.4 Å². The molecule has 17 heavy (non-hydrogen) atoms. The van der Waals surface area contributed by atoms with Gasteiger partial charge in [0.25, 0.3) is 0 Å². The van der Waals surface area contributed by atoms with Crippen LogP contribution in [0.25, 0.3) is 11.1 Å². The van der Waals surface area contributed by atoms with Gasteiger partial charge in [0.05, 0.1) is 5.56 Å². The highest BCUT2D eigenvalue weighted by atomic mass is 16.3. The molecule has 3 N–H and O–H groups in total. The Bertz CT molecular complexity index is 574. The zero-order chi connectivity index (χ0) is 12.6. The Morgan fingerprint density at radius 1 is 0.882 bits per heavy atom. The number of phenols is 3. The van der Waals surface area contributed by atoms with Crippen LogP contribution in [-0.2, 0) is 0 Å². The fourth-order valence-electron chi connectivity index (χ4n) is 1.83. The molecule has 0 atom stereocenters. The fourth-order valence-corrected chi connectivity index (χ4v) is 1.83. The maximum Gasteiger partial charge on any atom is 0.133 e. The molecule has 0 aromatic heterocycles. The SMILES string of the molecule is Cc1cccc(-c2c(O)cc(O)c(C)c2O)c1. The normalized spacial score (nSPS) is 10.5. The number of hydrogen-bond donors (Lipinski definition) is 3. The predicted molar refractivity (Wildman–Crippen MR) is 66.3 cm³/mol. The molecule has 0 unspecified atom stereocenters. The molecule has 0 aliphatic carbocycles. The highest BCUT2D eigenvalue weighted by Gasteiger charge is 2.15. The van der Waals surface area contributed by atoms with Crippen LogP contribution in [-0.4, -0.2) is 15.3 Å². The van der Waals surface area contributed by atoms with E-state index in [0.29, 0.717) is 11.1 Å². The maximum atomic E-state index is 9.98. The Kier molecular flexibility index (Phi) is 2.68. The molecule has 0 heterocycles. The third kappa shape index (κ3) is 1.91. The second-order valence-corrected chi connectivity index (χ2v) is 4.13. The molecule has 2 aromatic rings. The van der Waals surface area contributed by atoms with Crippen molar-refractivity contribution in [3.8, 4) is 28.4 Å². The first-order valence-corrected chi connectivity index (χ1v) is 5.32. The molecule has 0 fully saturated rings. The average molecular weight is 230 g/mol. The van der Waals surface area contributed by atoms with E-state index < -0.39 is 0 Å². The minimum Gasteiger partial charge on any atom is -0.507 e. The quantitative estimate of drug-likeness (QED) is 0.705. The molecule has 88 valence electrons. The largest absolute Gasteiger partial charge is 0.507 e. The van der Waals surface area contributed by atoms with Crippen LogP contribution >= 0.6 is 0 Å². The van der Waals surface area contributed by atoms with Crippen molar-refractivity contribution < 1.29 is 15.3 Å². The van der Waals surface area contributed by atoms with Crippen molar-refractivity contribution in [2.75, 3.05) is 0 Å². The molecule has 0 radical (unpaired) electrons. The van der Waals surface area contributed by atoms with Gasteiger partial charge >= 0.3 is 0 Å². The smallest absolute Gasteiger partial charge is 0.133 e. The molecule has 0 saturated heterocycles. The van der Waals surface area contributed by atoms with Gasteiger partial charge in [0.15, 0.2) is 0 Å². The van der Waals surface area contributed by atoms with Crippen molar-refractivity contribution in [2.24, 2.45) is 0 Å². The molecule has 3 heteroatoms. The van der Waals surface area contributed by atoms with Crippen LogP contribution in [0.2, 0.25) is 0 Å². The highest BCUT2D eigenvalue weighted by Crippen LogP contribution is 2.43. The number of aromatic hydroxyl groups is 3. The van der Waals surface area contributed by atoms with Gasteiger partial charge in [-0.1, -0.05) is 29.8 Å². The summed E-state index contributed by atoms with van der Waals surface area (Å²) in [6, 6.07) is 8.70. The van der Waals surface area contributed by atoms with Crippen LogP contribution in [0.15, 0.2) is 30.3 Å². The second kappa shape index (κ2) is 4.01. The highest BCUT2D eigenvalue weighted by molar-refractivity contribution is 5.79. The van der Waals surface area contributed by atoms with Crippen molar-refractivity contribution in [3.05, 3.63) is 41.5 Å². The lowest BCUT2D eigenvalue weighted by Gasteiger charge is -2.11. The van der Waals surface area contributed by atoms with E-state index in [1.165, 1.54) is 6.07 Å². The average Bonchev–Trinajstić information content (AvgIpc) is 2.26. The molecule has 0 amide bonds. The molecular formula is C14H14O3. The van der Waals surface area contributed by atoms with E-state index in [-0.39, 0.29) is 17.2 Å². The van der Waals surface area contributed by atoms with Gasteiger partial charge in [-0.2, -0.15) is 0 Å². The first-order chi connectivity index (χ1) is 8.00. The number of phenolic OH excluding ortho intramolecular Hbond substituents is 3. The minimum absolute atomic E-state index is 0.0897. The molecule has 2 rings (SSSR count). The van der Waals surface area contributed by atoms with Gasteiger partial charge in [0.2, 0.25) is 0 Å². The lowest BCUT2D eigenvalue weighted by atomic mass is 9.99. The monoisotopic (exact) mass is 230 g/mol. The summed E-state index contributed by atoms with van der Waals surface area (Å²) in [5.41, 5.74) is 2.47. The van der Waals surface area contributed by atoms with Crippen LogP contribution < -0.4 is 0 Å². The van der Waals surface area contributed by atoms with Crippen molar-refractivity contribution in [3.63, 3.8) is 0 Å². The summed E-state index contributed by atoms with van der Waals surface area (Å²) in [6.07, 6.45) is 0. The van der Waals surface area contributed by atoms with E-state index >= 15 is 0 Å². The molecule has 0 bridgehead atoms. The molecule has 0 aliphatic heterocycles. The Hall–Kier alpha value is -2.16. The van der Waals surface area contributed by atoms with E-state index in [4.69, 9.17) is 0 Å². The van der Waals surface area contributed by atoms with Gasteiger partial charge in [-0.15, -0.1) is 0 Å². The number of hydrogen-bond acceptors (Lipinski definition) is 3. The second-order valence-electron chi connectivity index (χ2n) is 4.13. The fraction of sp³-hybridized carbons (Fsp3) is 0.143. The standard InChI is InChI=1S/C14H14O3/c1-8-4-3-5-10(6-8)13-12(16)7-11(15)9(2)14(13)17/h3-7,15-17H,1-2H3. The van der Waals surface area contributed by atoms with E-state index in [1.54, 1.807) is 13.0 Å². The van der Waals surface area contributed by atoms with Gasteiger partial charge in [-0.3, -0.25) is 0 Å². The van der Waals surface area contributed by atoms with E-state index in [0.717, 1.165) is 11.1 Å². The Morgan fingerprint density at radius 3 is 2.24 bits per heavy atom. The molecule has 0 spiro atoms. The van der Waals surface area contributed by atoms with Crippen molar-refractivity contribution >= 4 is 0 Å². The number of aryl methyl sites for hydroxylation is 1. The number of rotatable bonds is 1. The zero-order valence-corrected chi connectivity index (χ0v) is 9.73. The van der Waals surface area contributed by atoms with Crippen LogP contribution in [0.1, 0.15) is 11.1 Å². The summed E-state index contributed by atoms with van der Waals surface area (Å²) >= 11 is 0. The Labute approximate surface area is 99.6 Å². The summed E-state index contributed by atoms with van der Waals surface area (Å²) < 4.78 is 0. The van der Waals surface area contributed by atoms with Crippen molar-refractivity contribution in [2.45, 2.75) is 13.8 Å². The lowest BCUT2D eigenvalue weighted by molar-refractivity contribution is 0.425. The zero-order valence-electron chi connectivity index (χ0n) is 9.73. The summed E-state index contributed by atoms with van der Waals surface area (Å²) in [6.45, 7) is 3.54. The van der Waals surface area contributed by atoms with Crippen molar-refractivity contribution in [1.29, 1.82) is 0 Å². The summed E-state index contributed by atoms with van der Waals surface area (Å²) in [5, 5.41) is 29.3. The third-order valence-electron chi connectivity index (χ3n) is 2.81. The number of benzene rings is 2. The first kappa shape index (κ1) is 11.3. The molecular weight excluding hydrogens is 216 g/mol. The van der Waals surface area contributed by atoms with Crippen molar-refractivity contribution in [1.82, 2.24) is 0 Å². The summed E-state index contributed by atoms with van der Waals surface area (Å²) in [4.78, 5) is 0. The van der Waals surface area contributed by atoms with E-state index in [2.05, 4.69) is 0 Å². The van der Waals surface area contributed by atoms with Crippen LogP contribution in [0.5, 0.6) is 17.2 Å². The van der Waals surface area contributed by atoms with Gasteiger partial charge in [0.1, 0.15) is 17.2 Å². The predicted octanol–water partition coefficient (Wildman–Crippen LogP) is 3.09. The van der Waals surface area contributed by atoms with E-state index in [1.807, 2.05) is 25.1 Å². The molecule has 0 saturated carbocycles. The molecule has 0 aliphatic rings. The molecule has 3 nitrogen and oxygen atoms in total. The third-order valence-corrected chi connectivity index (χ3v) is 2.81.